The van der Waals surface area contributed by atoms with Gasteiger partial charge in [0.15, 0.2) is 0 Å². The third-order valence-electron chi connectivity index (χ3n) is 4.37. The quantitative estimate of drug-likeness (QED) is 0.750. The molecule has 1 aliphatic rings. The molecule has 0 radical (unpaired) electrons. The second-order valence-corrected chi connectivity index (χ2v) is 10.0. The first-order valence-corrected chi connectivity index (χ1v) is 11.5. The maximum Gasteiger partial charge on any atom is 0.220 e. The van der Waals surface area contributed by atoms with Crippen molar-refractivity contribution in [3.8, 4) is 0 Å². The van der Waals surface area contributed by atoms with Crippen molar-refractivity contribution in [1.82, 2.24) is 14.6 Å². The minimum atomic E-state index is -3.40. The lowest BCUT2D eigenvalue weighted by molar-refractivity contribution is -0.120. The Labute approximate surface area is 163 Å². The van der Waals surface area contributed by atoms with Gasteiger partial charge in [-0.3, -0.25) is 4.79 Å². The molecule has 1 fully saturated rings. The first kappa shape index (κ1) is 20.2. The second kappa shape index (κ2) is 8.64. The highest BCUT2D eigenvalue weighted by molar-refractivity contribution is 7.89. The third-order valence-corrected chi connectivity index (χ3v) is 7.27. The van der Waals surface area contributed by atoms with Crippen LogP contribution >= 0.6 is 11.3 Å². The summed E-state index contributed by atoms with van der Waals surface area (Å²) in [6.07, 6.45) is 0.612. The fraction of sp³-hybridized carbons (Fsp3) is 0.556. The van der Waals surface area contributed by atoms with E-state index in [2.05, 4.69) is 10.3 Å². The first-order chi connectivity index (χ1) is 12.8. The summed E-state index contributed by atoms with van der Waals surface area (Å²) in [5.41, 5.74) is 0.943. The number of para-hydroxylation sites is 1. The zero-order valence-corrected chi connectivity index (χ0v) is 17.2. The van der Waals surface area contributed by atoms with Crippen LogP contribution in [0, 0.1) is 0 Å². The van der Waals surface area contributed by atoms with E-state index in [1.54, 1.807) is 11.3 Å². The second-order valence-electron chi connectivity index (χ2n) is 6.82. The molecule has 0 aliphatic carbocycles. The van der Waals surface area contributed by atoms with Crippen LogP contribution in [-0.4, -0.2) is 61.2 Å². The number of morpholine rings is 1. The molecule has 148 valence electrons. The molecule has 1 aromatic carbocycles. The molecule has 2 aromatic rings. The lowest BCUT2D eigenvalue weighted by Crippen LogP contribution is -2.49. The third kappa shape index (κ3) is 5.47. The summed E-state index contributed by atoms with van der Waals surface area (Å²) in [5, 5.41) is 3.62. The maximum atomic E-state index is 12.4. The van der Waals surface area contributed by atoms with Gasteiger partial charge in [0.2, 0.25) is 15.9 Å². The highest BCUT2D eigenvalue weighted by atomic mass is 32.2. The van der Waals surface area contributed by atoms with Crippen molar-refractivity contribution in [2.75, 3.05) is 25.4 Å². The summed E-state index contributed by atoms with van der Waals surface area (Å²) in [6, 6.07) is 7.87. The molecule has 0 spiro atoms. The molecule has 2 heterocycles. The number of nitrogens with zero attached hydrogens (tertiary/aromatic N) is 2. The number of nitrogens with one attached hydrogen (secondary N) is 1. The lowest BCUT2D eigenvalue weighted by atomic mass is 10.3. The summed E-state index contributed by atoms with van der Waals surface area (Å²) < 4.78 is 33.0. The minimum absolute atomic E-state index is 0.0979. The Hall–Kier alpha value is -1.55. The van der Waals surface area contributed by atoms with Crippen LogP contribution in [0.3, 0.4) is 0 Å². The molecule has 9 heteroatoms. The molecule has 0 bridgehead atoms. The molecule has 1 aliphatic heterocycles. The number of hydrogen-bond acceptors (Lipinski definition) is 6. The van der Waals surface area contributed by atoms with Crippen LogP contribution in [0.5, 0.6) is 0 Å². The highest BCUT2D eigenvalue weighted by Gasteiger charge is 2.30. The molecule has 3 rings (SSSR count). The van der Waals surface area contributed by atoms with Gasteiger partial charge in [-0.25, -0.2) is 13.4 Å². The van der Waals surface area contributed by atoms with Crippen LogP contribution in [0.4, 0.5) is 0 Å². The van der Waals surface area contributed by atoms with E-state index in [-0.39, 0.29) is 30.4 Å². The zero-order valence-electron chi connectivity index (χ0n) is 15.6. The largest absolute Gasteiger partial charge is 0.373 e. The van der Waals surface area contributed by atoms with Gasteiger partial charge in [0.05, 0.1) is 33.2 Å². The Morgan fingerprint density at radius 2 is 2.00 bits per heavy atom. The van der Waals surface area contributed by atoms with E-state index in [0.717, 1.165) is 15.2 Å². The Balaban J connectivity index is 1.43. The Morgan fingerprint density at radius 3 is 2.70 bits per heavy atom. The Morgan fingerprint density at radius 1 is 1.30 bits per heavy atom. The molecule has 1 N–H and O–H groups in total. The van der Waals surface area contributed by atoms with E-state index in [1.165, 1.54) is 4.31 Å². The van der Waals surface area contributed by atoms with Crippen LogP contribution in [0.15, 0.2) is 24.3 Å². The van der Waals surface area contributed by atoms with Crippen molar-refractivity contribution < 1.29 is 17.9 Å². The van der Waals surface area contributed by atoms with Crippen molar-refractivity contribution in [1.29, 1.82) is 0 Å². The maximum absolute atomic E-state index is 12.4. The average Bonchev–Trinajstić information content (AvgIpc) is 3.02. The molecule has 1 saturated heterocycles. The summed E-state index contributed by atoms with van der Waals surface area (Å²) in [6.45, 7) is 4.56. The molecule has 1 aromatic heterocycles. The van der Waals surface area contributed by atoms with E-state index < -0.39 is 10.0 Å². The normalized spacial score (nSPS) is 21.4. The molecule has 0 saturated carbocycles. The number of thiazole rings is 1. The van der Waals surface area contributed by atoms with E-state index in [4.69, 9.17) is 4.74 Å². The SMILES string of the molecule is CC1CN(S(=O)(=O)CCNC(=O)CCc2nc3ccccc3s2)CC(C)O1. The smallest absolute Gasteiger partial charge is 0.220 e. The monoisotopic (exact) mass is 411 g/mol. The van der Waals surface area contributed by atoms with Crippen molar-refractivity contribution in [2.45, 2.75) is 38.9 Å². The van der Waals surface area contributed by atoms with Gasteiger partial charge in [-0.2, -0.15) is 4.31 Å². The van der Waals surface area contributed by atoms with Crippen molar-refractivity contribution in [2.24, 2.45) is 0 Å². The van der Waals surface area contributed by atoms with Crippen LogP contribution < -0.4 is 5.32 Å². The van der Waals surface area contributed by atoms with Crippen LogP contribution in [-0.2, 0) is 26.0 Å². The number of aromatic nitrogens is 1. The minimum Gasteiger partial charge on any atom is -0.373 e. The van der Waals surface area contributed by atoms with E-state index >= 15 is 0 Å². The summed E-state index contributed by atoms with van der Waals surface area (Å²) in [5.74, 6) is -0.257. The van der Waals surface area contributed by atoms with Gasteiger partial charge in [-0.05, 0) is 26.0 Å². The van der Waals surface area contributed by atoms with Crippen LogP contribution in [0.1, 0.15) is 25.3 Å². The number of sulfonamides is 1. The average molecular weight is 412 g/mol. The summed E-state index contributed by atoms with van der Waals surface area (Å²) in [7, 11) is -3.40. The highest BCUT2D eigenvalue weighted by Crippen LogP contribution is 2.22. The Bertz CT molecular complexity index is 854. The van der Waals surface area contributed by atoms with Crippen LogP contribution in [0.2, 0.25) is 0 Å². The van der Waals surface area contributed by atoms with Gasteiger partial charge in [-0.1, -0.05) is 12.1 Å². The predicted molar refractivity (Wildman–Crippen MR) is 106 cm³/mol. The number of benzene rings is 1. The van der Waals surface area contributed by atoms with E-state index in [0.29, 0.717) is 25.9 Å². The number of fused-ring (bicyclic) bond motifs is 1. The molecule has 2 atom stereocenters. The molecular weight excluding hydrogens is 386 g/mol. The molecule has 27 heavy (non-hydrogen) atoms. The molecule has 1 amide bonds. The van der Waals surface area contributed by atoms with Gasteiger partial charge in [0.1, 0.15) is 0 Å². The van der Waals surface area contributed by atoms with Crippen molar-refractivity contribution in [3.05, 3.63) is 29.3 Å². The number of aryl methyl sites for hydroxylation is 1. The standard InChI is InChI=1S/C18H25N3O4S2/c1-13-11-21(12-14(2)25-13)27(23,24)10-9-19-17(22)7-8-18-20-15-5-3-4-6-16(15)26-18/h3-6,13-14H,7-12H2,1-2H3,(H,19,22). The van der Waals surface area contributed by atoms with E-state index in [1.807, 2.05) is 38.1 Å². The molecule has 7 nitrogen and oxygen atoms in total. The van der Waals surface area contributed by atoms with Crippen molar-refractivity contribution >= 4 is 37.5 Å². The topological polar surface area (TPSA) is 88.6 Å². The number of amides is 1. The molecular formula is C18H25N3O4S2. The van der Waals surface area contributed by atoms with Crippen LogP contribution in [0.25, 0.3) is 10.2 Å². The predicted octanol–water partition coefficient (Wildman–Crippen LogP) is 1.78. The number of carbonyl (C=O) groups is 1. The Kier molecular flexibility index (Phi) is 6.46. The van der Waals surface area contributed by atoms with Gasteiger partial charge in [-0.15, -0.1) is 11.3 Å². The van der Waals surface area contributed by atoms with Gasteiger partial charge in [0.25, 0.3) is 0 Å². The number of carbonyl (C=O) groups excluding carboxylic acids is 1. The fourth-order valence-electron chi connectivity index (χ4n) is 3.14. The van der Waals surface area contributed by atoms with E-state index in [9.17, 15) is 13.2 Å². The number of rotatable bonds is 7. The first-order valence-electron chi connectivity index (χ1n) is 9.08. The fourth-order valence-corrected chi connectivity index (χ4v) is 5.60. The van der Waals surface area contributed by atoms with Crippen molar-refractivity contribution in [3.63, 3.8) is 0 Å². The van der Waals surface area contributed by atoms with Gasteiger partial charge >= 0.3 is 0 Å². The number of ether oxygens (including phenoxy) is 1. The van der Waals surface area contributed by atoms with Gasteiger partial charge in [0, 0.05) is 32.5 Å². The number of hydrogen-bond donors (Lipinski definition) is 1. The zero-order chi connectivity index (χ0) is 19.4. The summed E-state index contributed by atoms with van der Waals surface area (Å²) in [4.78, 5) is 16.5. The van der Waals surface area contributed by atoms with Gasteiger partial charge < -0.3 is 10.1 Å². The summed E-state index contributed by atoms with van der Waals surface area (Å²) >= 11 is 1.58. The lowest BCUT2D eigenvalue weighted by Gasteiger charge is -2.34. The molecule has 2 unspecified atom stereocenters.